The predicted octanol–water partition coefficient (Wildman–Crippen LogP) is 1.71. The van der Waals surface area contributed by atoms with E-state index in [1.54, 1.807) is 0 Å². The number of benzene rings is 1. The summed E-state index contributed by atoms with van der Waals surface area (Å²) in [5, 5.41) is 0. The van der Waals surface area contributed by atoms with Crippen molar-refractivity contribution in [2.45, 2.75) is 19.9 Å². The first-order valence-corrected chi connectivity index (χ1v) is 4.73. The lowest BCUT2D eigenvalue weighted by atomic mass is 10.1. The zero-order chi connectivity index (χ0) is 11.4. The van der Waals surface area contributed by atoms with Gasteiger partial charge in [-0.25, -0.2) is 9.18 Å². The number of rotatable bonds is 3. The smallest absolute Gasteiger partial charge is 0.328 e. The highest BCUT2D eigenvalue weighted by Gasteiger charge is 2.19. The maximum atomic E-state index is 12.5. The van der Waals surface area contributed by atoms with Gasteiger partial charge in [-0.15, -0.1) is 0 Å². The van der Waals surface area contributed by atoms with Crippen LogP contribution in [0.2, 0.25) is 0 Å². The molecule has 0 aliphatic heterocycles. The number of esters is 1. The van der Waals surface area contributed by atoms with E-state index in [1.165, 1.54) is 24.3 Å². The van der Waals surface area contributed by atoms with Crippen LogP contribution in [0.15, 0.2) is 24.3 Å². The molecule has 4 heteroatoms. The maximum absolute atomic E-state index is 12.5. The van der Waals surface area contributed by atoms with Gasteiger partial charge < -0.3 is 10.5 Å². The van der Waals surface area contributed by atoms with Gasteiger partial charge in [0.2, 0.25) is 0 Å². The first-order valence-electron chi connectivity index (χ1n) is 4.73. The molecule has 1 aromatic carbocycles. The van der Waals surface area contributed by atoms with Gasteiger partial charge in [-0.1, -0.05) is 13.8 Å². The second kappa shape index (κ2) is 4.89. The van der Waals surface area contributed by atoms with Crippen molar-refractivity contribution in [3.63, 3.8) is 0 Å². The third kappa shape index (κ3) is 3.32. The van der Waals surface area contributed by atoms with Crippen molar-refractivity contribution in [1.82, 2.24) is 0 Å². The molecule has 0 spiro atoms. The van der Waals surface area contributed by atoms with E-state index in [4.69, 9.17) is 10.5 Å². The molecule has 82 valence electrons. The van der Waals surface area contributed by atoms with Crippen LogP contribution in [-0.2, 0) is 4.79 Å². The summed E-state index contributed by atoms with van der Waals surface area (Å²) in [4.78, 5) is 11.4. The molecule has 1 rings (SSSR count). The molecule has 0 aliphatic carbocycles. The van der Waals surface area contributed by atoms with E-state index in [-0.39, 0.29) is 11.7 Å². The Bertz CT molecular complexity index is 335. The molecule has 0 heterocycles. The predicted molar refractivity (Wildman–Crippen MR) is 54.8 cm³/mol. The molecule has 3 nitrogen and oxygen atoms in total. The van der Waals surface area contributed by atoms with Crippen LogP contribution in [-0.4, -0.2) is 12.0 Å². The molecule has 0 saturated heterocycles. The minimum atomic E-state index is -0.657. The van der Waals surface area contributed by atoms with Crippen LogP contribution >= 0.6 is 0 Å². The number of nitrogens with two attached hydrogens (primary N) is 1. The van der Waals surface area contributed by atoms with Crippen LogP contribution in [0.4, 0.5) is 4.39 Å². The van der Waals surface area contributed by atoms with E-state index in [9.17, 15) is 9.18 Å². The van der Waals surface area contributed by atoms with Gasteiger partial charge in [0.1, 0.15) is 17.6 Å². The molecule has 15 heavy (non-hydrogen) atoms. The Kier molecular flexibility index (Phi) is 3.80. The lowest BCUT2D eigenvalue weighted by molar-refractivity contribution is -0.136. The lowest BCUT2D eigenvalue weighted by Gasteiger charge is -2.13. The van der Waals surface area contributed by atoms with E-state index in [0.29, 0.717) is 5.75 Å². The average Bonchev–Trinajstić information content (AvgIpc) is 2.20. The van der Waals surface area contributed by atoms with Gasteiger partial charge in [-0.3, -0.25) is 0 Å². The van der Waals surface area contributed by atoms with Crippen molar-refractivity contribution >= 4 is 5.97 Å². The maximum Gasteiger partial charge on any atom is 0.328 e. The average molecular weight is 211 g/mol. The van der Waals surface area contributed by atoms with Crippen molar-refractivity contribution in [2.24, 2.45) is 11.7 Å². The summed E-state index contributed by atoms with van der Waals surface area (Å²) >= 11 is 0. The fourth-order valence-corrected chi connectivity index (χ4v) is 0.959. The molecule has 0 bridgehead atoms. The first kappa shape index (κ1) is 11.7. The standard InChI is InChI=1S/C11H14FNO2/c1-7(2)10(13)11(14)15-9-5-3-8(12)4-6-9/h3-7,10H,13H2,1-2H3. The Morgan fingerprint density at radius 3 is 2.33 bits per heavy atom. The van der Waals surface area contributed by atoms with Gasteiger partial charge in [0.05, 0.1) is 0 Å². The molecule has 0 aromatic heterocycles. The van der Waals surface area contributed by atoms with Crippen LogP contribution in [0.25, 0.3) is 0 Å². The fraction of sp³-hybridized carbons (Fsp3) is 0.364. The van der Waals surface area contributed by atoms with Crippen LogP contribution in [0.3, 0.4) is 0 Å². The molecule has 0 amide bonds. The number of carbonyl (C=O) groups is 1. The van der Waals surface area contributed by atoms with Crippen molar-refractivity contribution in [3.8, 4) is 5.75 Å². The molecule has 0 saturated carbocycles. The van der Waals surface area contributed by atoms with Gasteiger partial charge in [0.25, 0.3) is 0 Å². The van der Waals surface area contributed by atoms with Crippen molar-refractivity contribution in [3.05, 3.63) is 30.1 Å². The third-order valence-electron chi connectivity index (χ3n) is 2.02. The topological polar surface area (TPSA) is 52.3 Å². The SMILES string of the molecule is CC(C)C(N)C(=O)Oc1ccc(F)cc1. The second-order valence-corrected chi connectivity index (χ2v) is 3.64. The van der Waals surface area contributed by atoms with E-state index >= 15 is 0 Å². The van der Waals surface area contributed by atoms with Crippen molar-refractivity contribution in [2.75, 3.05) is 0 Å². The fourth-order valence-electron chi connectivity index (χ4n) is 0.959. The Balaban J connectivity index is 2.62. The van der Waals surface area contributed by atoms with Crippen molar-refractivity contribution < 1.29 is 13.9 Å². The Labute approximate surface area is 88.0 Å². The highest BCUT2D eigenvalue weighted by molar-refractivity contribution is 5.78. The van der Waals surface area contributed by atoms with Gasteiger partial charge in [-0.05, 0) is 30.2 Å². The van der Waals surface area contributed by atoms with Crippen LogP contribution < -0.4 is 10.5 Å². The Morgan fingerprint density at radius 2 is 1.87 bits per heavy atom. The van der Waals surface area contributed by atoms with Crippen LogP contribution in [0.1, 0.15) is 13.8 Å². The van der Waals surface area contributed by atoms with Crippen LogP contribution in [0.5, 0.6) is 5.75 Å². The zero-order valence-corrected chi connectivity index (χ0v) is 8.74. The molecule has 0 radical (unpaired) electrons. The quantitative estimate of drug-likeness (QED) is 0.611. The summed E-state index contributed by atoms with van der Waals surface area (Å²) < 4.78 is 17.5. The molecule has 0 aliphatic rings. The molecule has 1 aromatic rings. The molecule has 1 unspecified atom stereocenters. The molecule has 1 atom stereocenters. The third-order valence-corrected chi connectivity index (χ3v) is 2.02. The summed E-state index contributed by atoms with van der Waals surface area (Å²) in [5.41, 5.74) is 5.59. The molecule has 0 fully saturated rings. The zero-order valence-electron chi connectivity index (χ0n) is 8.74. The van der Waals surface area contributed by atoms with E-state index < -0.39 is 12.0 Å². The van der Waals surface area contributed by atoms with Crippen molar-refractivity contribution in [1.29, 1.82) is 0 Å². The van der Waals surface area contributed by atoms with Gasteiger partial charge in [-0.2, -0.15) is 0 Å². The van der Waals surface area contributed by atoms with Gasteiger partial charge in [0, 0.05) is 0 Å². The Morgan fingerprint density at radius 1 is 1.33 bits per heavy atom. The summed E-state index contributed by atoms with van der Waals surface area (Å²) in [5.74, 6) is -0.560. The van der Waals surface area contributed by atoms with E-state index in [2.05, 4.69) is 0 Å². The monoisotopic (exact) mass is 211 g/mol. The number of halogens is 1. The minimum absolute atomic E-state index is 0.0120. The number of hydrogen-bond acceptors (Lipinski definition) is 3. The van der Waals surface area contributed by atoms with Gasteiger partial charge in [0.15, 0.2) is 0 Å². The number of ether oxygens (including phenoxy) is 1. The normalized spacial score (nSPS) is 12.6. The van der Waals surface area contributed by atoms with Gasteiger partial charge >= 0.3 is 5.97 Å². The summed E-state index contributed by atoms with van der Waals surface area (Å²) in [6.45, 7) is 3.66. The molecular formula is C11H14FNO2. The minimum Gasteiger partial charge on any atom is -0.425 e. The highest BCUT2D eigenvalue weighted by Crippen LogP contribution is 2.12. The number of hydrogen-bond donors (Lipinski definition) is 1. The Hall–Kier alpha value is -1.42. The summed E-state index contributed by atoms with van der Waals surface area (Å²) in [6.07, 6.45) is 0. The van der Waals surface area contributed by atoms with E-state index in [0.717, 1.165) is 0 Å². The number of carbonyl (C=O) groups excluding carboxylic acids is 1. The second-order valence-electron chi connectivity index (χ2n) is 3.64. The first-order chi connectivity index (χ1) is 7.00. The summed E-state index contributed by atoms with van der Waals surface area (Å²) in [7, 11) is 0. The van der Waals surface area contributed by atoms with Crippen LogP contribution in [0, 0.1) is 11.7 Å². The molecular weight excluding hydrogens is 197 g/mol. The highest BCUT2D eigenvalue weighted by atomic mass is 19.1. The summed E-state index contributed by atoms with van der Waals surface area (Å²) in [6, 6.07) is 4.57. The largest absolute Gasteiger partial charge is 0.425 e. The molecule has 2 N–H and O–H groups in total. The lowest BCUT2D eigenvalue weighted by Crippen LogP contribution is -2.38. The van der Waals surface area contributed by atoms with E-state index in [1.807, 2.05) is 13.8 Å².